The van der Waals surface area contributed by atoms with Gasteiger partial charge in [-0.2, -0.15) is 5.10 Å². The minimum absolute atomic E-state index is 0.0000926. The van der Waals surface area contributed by atoms with Gasteiger partial charge in [0.15, 0.2) is 0 Å². The zero-order chi connectivity index (χ0) is 9.14. The maximum Gasteiger partial charge on any atom is 0.228 e. The van der Waals surface area contributed by atoms with E-state index in [1.165, 1.54) is 0 Å². The largest absolute Gasteiger partial charge is 0.311 e. The van der Waals surface area contributed by atoms with Gasteiger partial charge in [-0.1, -0.05) is 13.8 Å². The minimum Gasteiger partial charge on any atom is -0.311 e. The third kappa shape index (κ3) is 1.84. The zero-order valence-electron chi connectivity index (χ0n) is 7.53. The van der Waals surface area contributed by atoms with Crippen LogP contribution in [-0.4, -0.2) is 15.7 Å². The van der Waals surface area contributed by atoms with Crippen LogP contribution in [0.1, 0.15) is 13.8 Å². The van der Waals surface area contributed by atoms with Crippen molar-refractivity contribution in [1.29, 1.82) is 0 Å². The molecule has 0 aromatic carbocycles. The summed E-state index contributed by atoms with van der Waals surface area (Å²) in [4.78, 5) is 11.2. The molecule has 0 unspecified atom stereocenters. The lowest BCUT2D eigenvalue weighted by Gasteiger charge is -2.06. The summed E-state index contributed by atoms with van der Waals surface area (Å²) in [5.74, 6) is 0.743. The summed E-state index contributed by atoms with van der Waals surface area (Å²) in [6, 6.07) is 1.76. The summed E-state index contributed by atoms with van der Waals surface area (Å²) in [5, 5.41) is 6.68. The highest BCUT2D eigenvalue weighted by molar-refractivity contribution is 5.91. The van der Waals surface area contributed by atoms with Gasteiger partial charge >= 0.3 is 0 Å². The highest BCUT2D eigenvalue weighted by atomic mass is 16.1. The molecular formula is C8H13N3O. The average Bonchev–Trinajstić information content (AvgIpc) is 2.36. The van der Waals surface area contributed by atoms with Gasteiger partial charge in [0.25, 0.3) is 0 Å². The average molecular weight is 167 g/mol. The fraction of sp³-hybridized carbons (Fsp3) is 0.500. The molecule has 66 valence electrons. The van der Waals surface area contributed by atoms with Gasteiger partial charge in [0.1, 0.15) is 5.82 Å². The van der Waals surface area contributed by atoms with E-state index in [9.17, 15) is 4.79 Å². The first-order chi connectivity index (χ1) is 5.61. The van der Waals surface area contributed by atoms with Crippen molar-refractivity contribution in [3.63, 3.8) is 0 Å². The van der Waals surface area contributed by atoms with Crippen molar-refractivity contribution in [2.45, 2.75) is 13.8 Å². The third-order valence-electron chi connectivity index (χ3n) is 1.60. The highest BCUT2D eigenvalue weighted by Gasteiger charge is 2.08. The van der Waals surface area contributed by atoms with Crippen molar-refractivity contribution in [3.05, 3.63) is 12.3 Å². The van der Waals surface area contributed by atoms with E-state index < -0.39 is 0 Å². The van der Waals surface area contributed by atoms with Crippen molar-refractivity contribution in [1.82, 2.24) is 9.78 Å². The number of hydrogen-bond donors (Lipinski definition) is 1. The SMILES string of the molecule is CC(C)C(=O)Nc1ccnn1C. The number of aryl methyl sites for hydroxylation is 1. The molecule has 4 heteroatoms. The maximum absolute atomic E-state index is 11.2. The van der Waals surface area contributed by atoms with Crippen LogP contribution in [0, 0.1) is 5.92 Å². The van der Waals surface area contributed by atoms with Crippen molar-refractivity contribution in [3.8, 4) is 0 Å². The van der Waals surface area contributed by atoms with Crippen LogP contribution < -0.4 is 5.32 Å². The molecule has 0 fully saturated rings. The van der Waals surface area contributed by atoms with Gasteiger partial charge in [-0.3, -0.25) is 9.48 Å². The van der Waals surface area contributed by atoms with Crippen LogP contribution >= 0.6 is 0 Å². The Bertz CT molecular complexity index is 278. The smallest absolute Gasteiger partial charge is 0.228 e. The quantitative estimate of drug-likeness (QED) is 0.714. The number of anilines is 1. The first-order valence-electron chi connectivity index (χ1n) is 3.90. The van der Waals surface area contributed by atoms with Crippen LogP contribution in [0.2, 0.25) is 0 Å². The van der Waals surface area contributed by atoms with E-state index in [2.05, 4.69) is 10.4 Å². The molecule has 0 spiro atoms. The molecule has 0 atom stereocenters. The van der Waals surface area contributed by atoms with E-state index in [-0.39, 0.29) is 11.8 Å². The van der Waals surface area contributed by atoms with E-state index in [4.69, 9.17) is 0 Å². The van der Waals surface area contributed by atoms with Crippen molar-refractivity contribution in [2.75, 3.05) is 5.32 Å². The van der Waals surface area contributed by atoms with E-state index in [0.29, 0.717) is 0 Å². The maximum atomic E-state index is 11.2. The van der Waals surface area contributed by atoms with E-state index in [1.807, 2.05) is 13.8 Å². The Kier molecular flexibility index (Phi) is 2.47. The van der Waals surface area contributed by atoms with Gasteiger partial charge in [0, 0.05) is 19.0 Å². The number of nitrogens with zero attached hydrogens (tertiary/aromatic N) is 2. The Labute approximate surface area is 71.6 Å². The molecule has 12 heavy (non-hydrogen) atoms. The molecule has 1 N–H and O–H groups in total. The van der Waals surface area contributed by atoms with Crippen LogP contribution in [0.4, 0.5) is 5.82 Å². The number of rotatable bonds is 2. The lowest BCUT2D eigenvalue weighted by atomic mass is 10.2. The van der Waals surface area contributed by atoms with Gasteiger partial charge in [0.05, 0.1) is 6.20 Å². The molecule has 0 saturated heterocycles. The summed E-state index contributed by atoms with van der Waals surface area (Å²) in [7, 11) is 1.79. The van der Waals surface area contributed by atoms with Gasteiger partial charge < -0.3 is 5.32 Å². The molecule has 0 aliphatic heterocycles. The summed E-state index contributed by atoms with van der Waals surface area (Å²) < 4.78 is 1.63. The Morgan fingerprint density at radius 1 is 1.67 bits per heavy atom. The number of amides is 1. The number of carbonyl (C=O) groups excluding carboxylic acids is 1. The summed E-state index contributed by atoms with van der Waals surface area (Å²) in [5.41, 5.74) is 0. The second kappa shape index (κ2) is 3.38. The van der Waals surface area contributed by atoms with Gasteiger partial charge in [0.2, 0.25) is 5.91 Å². The zero-order valence-corrected chi connectivity index (χ0v) is 7.53. The highest BCUT2D eigenvalue weighted by Crippen LogP contribution is 2.05. The molecule has 1 aromatic heterocycles. The molecule has 1 rings (SSSR count). The van der Waals surface area contributed by atoms with Gasteiger partial charge in [-0.05, 0) is 0 Å². The van der Waals surface area contributed by atoms with Crippen molar-refractivity contribution in [2.24, 2.45) is 13.0 Å². The second-order valence-electron chi connectivity index (χ2n) is 2.98. The lowest BCUT2D eigenvalue weighted by molar-refractivity contribution is -0.118. The molecule has 0 radical (unpaired) electrons. The summed E-state index contributed by atoms with van der Waals surface area (Å²) in [6.45, 7) is 3.71. The molecule has 0 saturated carbocycles. The molecule has 1 amide bonds. The molecular weight excluding hydrogens is 154 g/mol. The molecule has 1 heterocycles. The fourth-order valence-corrected chi connectivity index (χ4v) is 0.767. The Morgan fingerprint density at radius 3 is 2.75 bits per heavy atom. The fourth-order valence-electron chi connectivity index (χ4n) is 0.767. The number of aromatic nitrogens is 2. The molecule has 0 aliphatic rings. The summed E-state index contributed by atoms with van der Waals surface area (Å²) in [6.07, 6.45) is 1.65. The van der Waals surface area contributed by atoms with E-state index in [1.54, 1.807) is 24.0 Å². The van der Waals surface area contributed by atoms with Crippen molar-refractivity contribution < 1.29 is 4.79 Å². The summed E-state index contributed by atoms with van der Waals surface area (Å²) >= 11 is 0. The van der Waals surface area contributed by atoms with Crippen molar-refractivity contribution >= 4 is 11.7 Å². The normalized spacial score (nSPS) is 10.3. The Morgan fingerprint density at radius 2 is 2.33 bits per heavy atom. The van der Waals surface area contributed by atoms with Crippen LogP contribution in [0.25, 0.3) is 0 Å². The Balaban J connectivity index is 2.64. The number of hydrogen-bond acceptors (Lipinski definition) is 2. The molecule has 1 aromatic rings. The number of carbonyl (C=O) groups is 1. The minimum atomic E-state index is -0.0000926. The van der Waals surface area contributed by atoms with Crippen LogP contribution in [0.15, 0.2) is 12.3 Å². The molecule has 0 bridgehead atoms. The molecule has 4 nitrogen and oxygen atoms in total. The van der Waals surface area contributed by atoms with Crippen LogP contribution in [0.5, 0.6) is 0 Å². The number of nitrogens with one attached hydrogen (secondary N) is 1. The van der Waals surface area contributed by atoms with E-state index in [0.717, 1.165) is 5.82 Å². The Hall–Kier alpha value is -1.32. The standard InChI is InChI=1S/C8H13N3O/c1-6(2)8(12)10-7-4-5-9-11(7)3/h4-6H,1-3H3,(H,10,12). The van der Waals surface area contributed by atoms with Crippen LogP contribution in [-0.2, 0) is 11.8 Å². The second-order valence-corrected chi connectivity index (χ2v) is 2.98. The topological polar surface area (TPSA) is 46.9 Å². The monoisotopic (exact) mass is 167 g/mol. The first kappa shape index (κ1) is 8.77. The van der Waals surface area contributed by atoms with Gasteiger partial charge in [-0.25, -0.2) is 0 Å². The predicted molar refractivity (Wildman–Crippen MR) is 46.7 cm³/mol. The molecule has 0 aliphatic carbocycles. The van der Waals surface area contributed by atoms with E-state index >= 15 is 0 Å². The third-order valence-corrected chi connectivity index (χ3v) is 1.60. The van der Waals surface area contributed by atoms with Gasteiger partial charge in [-0.15, -0.1) is 0 Å². The first-order valence-corrected chi connectivity index (χ1v) is 3.90. The lowest BCUT2D eigenvalue weighted by Crippen LogP contribution is -2.19. The predicted octanol–water partition coefficient (Wildman–Crippen LogP) is 1.01. The van der Waals surface area contributed by atoms with Crippen LogP contribution in [0.3, 0.4) is 0 Å².